The average molecular weight is 347 g/mol. The van der Waals surface area contributed by atoms with Gasteiger partial charge in [0.15, 0.2) is 0 Å². The third-order valence-corrected chi connectivity index (χ3v) is 5.02. The molecule has 3 nitrogen and oxygen atoms in total. The maximum atomic E-state index is 13.1. The standard InChI is InChI=1S/C17H14FNO2S2/c1-11-19-16(13-4-2-12(3-5-13)10-23(20)21)17(22-11)14-6-8-15(18)9-7-14/h2-9,23H,10H2,1H3. The van der Waals surface area contributed by atoms with Gasteiger partial charge in [0.25, 0.3) is 0 Å². The largest absolute Gasteiger partial charge is 0.241 e. The zero-order valence-electron chi connectivity index (χ0n) is 12.3. The summed E-state index contributed by atoms with van der Waals surface area (Å²) in [6.07, 6.45) is 0. The molecule has 1 aromatic heterocycles. The van der Waals surface area contributed by atoms with Crippen LogP contribution in [0.5, 0.6) is 0 Å². The highest BCUT2D eigenvalue weighted by molar-refractivity contribution is 7.71. The molecule has 0 saturated carbocycles. The van der Waals surface area contributed by atoms with Crippen molar-refractivity contribution in [2.24, 2.45) is 0 Å². The van der Waals surface area contributed by atoms with Crippen LogP contribution in [0.15, 0.2) is 48.5 Å². The first-order valence-electron chi connectivity index (χ1n) is 6.97. The molecule has 3 rings (SSSR count). The SMILES string of the molecule is Cc1nc(-c2ccc(C[SH](=O)=O)cc2)c(-c2ccc(F)cc2)s1. The van der Waals surface area contributed by atoms with Gasteiger partial charge >= 0.3 is 0 Å². The lowest BCUT2D eigenvalue weighted by molar-refractivity contribution is 0.614. The number of halogens is 1. The van der Waals surface area contributed by atoms with Crippen LogP contribution in [0, 0.1) is 12.7 Å². The van der Waals surface area contributed by atoms with E-state index < -0.39 is 10.7 Å². The average Bonchev–Trinajstić information content (AvgIpc) is 2.90. The van der Waals surface area contributed by atoms with E-state index in [9.17, 15) is 12.8 Å². The molecule has 0 fully saturated rings. The first-order chi connectivity index (χ1) is 11.0. The van der Waals surface area contributed by atoms with Gasteiger partial charge in [-0.25, -0.2) is 17.8 Å². The van der Waals surface area contributed by atoms with Crippen LogP contribution in [0.1, 0.15) is 10.6 Å². The number of hydrogen-bond donors (Lipinski definition) is 1. The molecule has 0 atom stereocenters. The molecule has 2 aromatic carbocycles. The molecule has 0 aliphatic rings. The summed E-state index contributed by atoms with van der Waals surface area (Å²) in [5.41, 5.74) is 3.41. The fraction of sp³-hybridized carbons (Fsp3) is 0.118. The van der Waals surface area contributed by atoms with Gasteiger partial charge in [0.05, 0.1) is 21.3 Å². The topological polar surface area (TPSA) is 47.0 Å². The van der Waals surface area contributed by atoms with Gasteiger partial charge in [-0.1, -0.05) is 36.4 Å². The Bertz CT molecular complexity index is 889. The van der Waals surface area contributed by atoms with E-state index >= 15 is 0 Å². The summed E-state index contributed by atoms with van der Waals surface area (Å²) in [7, 11) is -2.43. The highest BCUT2D eigenvalue weighted by Crippen LogP contribution is 2.36. The Morgan fingerprint density at radius 3 is 2.22 bits per heavy atom. The molecule has 0 amide bonds. The molecular weight excluding hydrogens is 333 g/mol. The minimum atomic E-state index is -2.43. The van der Waals surface area contributed by atoms with Crippen LogP contribution in [-0.4, -0.2) is 13.4 Å². The van der Waals surface area contributed by atoms with Crippen molar-refractivity contribution in [1.82, 2.24) is 4.98 Å². The predicted octanol–water partition coefficient (Wildman–Crippen LogP) is 4.04. The number of nitrogens with zero attached hydrogens (tertiary/aromatic N) is 1. The number of thiol groups is 1. The molecule has 0 bridgehead atoms. The van der Waals surface area contributed by atoms with Gasteiger partial charge < -0.3 is 0 Å². The lowest BCUT2D eigenvalue weighted by atomic mass is 10.1. The maximum absolute atomic E-state index is 13.1. The lowest BCUT2D eigenvalue weighted by Crippen LogP contribution is -1.88. The fourth-order valence-corrected chi connectivity index (χ4v) is 3.79. The summed E-state index contributed by atoms with van der Waals surface area (Å²) < 4.78 is 34.7. The van der Waals surface area contributed by atoms with Crippen LogP contribution in [0.25, 0.3) is 21.7 Å². The Morgan fingerprint density at radius 2 is 1.61 bits per heavy atom. The van der Waals surface area contributed by atoms with E-state index in [2.05, 4.69) is 4.98 Å². The number of rotatable bonds is 4. The van der Waals surface area contributed by atoms with E-state index in [0.29, 0.717) is 0 Å². The molecule has 0 saturated heterocycles. The van der Waals surface area contributed by atoms with E-state index in [-0.39, 0.29) is 11.6 Å². The molecule has 0 aliphatic carbocycles. The van der Waals surface area contributed by atoms with Gasteiger partial charge in [0.1, 0.15) is 16.5 Å². The number of thiazole rings is 1. The molecule has 118 valence electrons. The second kappa shape index (κ2) is 6.60. The van der Waals surface area contributed by atoms with Crippen LogP contribution >= 0.6 is 11.3 Å². The van der Waals surface area contributed by atoms with Gasteiger partial charge in [0, 0.05) is 5.56 Å². The Kier molecular flexibility index (Phi) is 4.54. The molecule has 6 heteroatoms. The van der Waals surface area contributed by atoms with Crippen LogP contribution < -0.4 is 0 Å². The van der Waals surface area contributed by atoms with E-state index in [4.69, 9.17) is 0 Å². The van der Waals surface area contributed by atoms with Crippen LogP contribution in [0.2, 0.25) is 0 Å². The van der Waals surface area contributed by atoms with Crippen molar-refractivity contribution in [2.45, 2.75) is 12.7 Å². The van der Waals surface area contributed by atoms with E-state index in [0.717, 1.165) is 32.3 Å². The number of benzene rings is 2. The molecule has 23 heavy (non-hydrogen) atoms. The number of aryl methyl sites for hydroxylation is 1. The summed E-state index contributed by atoms with van der Waals surface area (Å²) in [5, 5.41) is 0.922. The van der Waals surface area contributed by atoms with Crippen molar-refractivity contribution in [3.8, 4) is 21.7 Å². The fourth-order valence-electron chi connectivity index (χ4n) is 2.34. The Morgan fingerprint density at radius 1 is 1.00 bits per heavy atom. The van der Waals surface area contributed by atoms with E-state index in [1.54, 1.807) is 35.6 Å². The first kappa shape index (κ1) is 15.8. The summed E-state index contributed by atoms with van der Waals surface area (Å²) >= 11 is 1.55. The van der Waals surface area contributed by atoms with Crippen molar-refractivity contribution in [3.05, 3.63) is 64.9 Å². The van der Waals surface area contributed by atoms with Crippen LogP contribution in [0.4, 0.5) is 4.39 Å². The summed E-state index contributed by atoms with van der Waals surface area (Å²) in [4.78, 5) is 5.55. The highest BCUT2D eigenvalue weighted by atomic mass is 32.2. The third kappa shape index (κ3) is 3.65. The summed E-state index contributed by atoms with van der Waals surface area (Å²) in [6.45, 7) is 1.93. The quantitative estimate of drug-likeness (QED) is 0.725. The Hall–Kier alpha value is -2.05. The van der Waals surface area contributed by atoms with Gasteiger partial charge in [-0.3, -0.25) is 0 Å². The van der Waals surface area contributed by atoms with Gasteiger partial charge in [0.2, 0.25) is 0 Å². The van der Waals surface area contributed by atoms with Crippen molar-refractivity contribution in [2.75, 3.05) is 0 Å². The number of hydrogen-bond acceptors (Lipinski definition) is 4. The lowest BCUT2D eigenvalue weighted by Gasteiger charge is -2.04. The molecule has 0 aliphatic heterocycles. The van der Waals surface area contributed by atoms with Gasteiger partial charge in [-0.05, 0) is 30.2 Å². The van der Waals surface area contributed by atoms with Crippen LogP contribution in [0.3, 0.4) is 0 Å². The van der Waals surface area contributed by atoms with Crippen molar-refractivity contribution in [3.63, 3.8) is 0 Å². The second-order valence-electron chi connectivity index (χ2n) is 5.11. The van der Waals surface area contributed by atoms with Crippen molar-refractivity contribution >= 4 is 22.0 Å². The Labute approximate surface area is 139 Å². The first-order valence-corrected chi connectivity index (χ1v) is 9.15. The molecule has 0 radical (unpaired) electrons. The predicted molar refractivity (Wildman–Crippen MR) is 91.7 cm³/mol. The normalized spacial score (nSPS) is 11.1. The molecule has 3 aromatic rings. The smallest absolute Gasteiger partial charge is 0.144 e. The van der Waals surface area contributed by atoms with E-state index in [1.165, 1.54) is 12.1 Å². The summed E-state index contributed by atoms with van der Waals surface area (Å²) in [5.74, 6) is -0.233. The second-order valence-corrected chi connectivity index (χ2v) is 7.29. The monoisotopic (exact) mass is 347 g/mol. The zero-order valence-corrected chi connectivity index (χ0v) is 14.0. The molecule has 0 N–H and O–H groups in total. The zero-order chi connectivity index (χ0) is 16.4. The number of aromatic nitrogens is 1. The van der Waals surface area contributed by atoms with E-state index in [1.807, 2.05) is 19.1 Å². The molecular formula is C17H14FNO2S2. The Balaban J connectivity index is 2.01. The maximum Gasteiger partial charge on any atom is 0.144 e. The minimum absolute atomic E-state index is 0.0382. The highest BCUT2D eigenvalue weighted by Gasteiger charge is 2.13. The third-order valence-electron chi connectivity index (χ3n) is 3.38. The van der Waals surface area contributed by atoms with Crippen molar-refractivity contribution < 1.29 is 12.8 Å². The molecule has 1 heterocycles. The van der Waals surface area contributed by atoms with Crippen LogP contribution in [-0.2, 0) is 16.5 Å². The van der Waals surface area contributed by atoms with Crippen molar-refractivity contribution in [1.29, 1.82) is 0 Å². The summed E-state index contributed by atoms with van der Waals surface area (Å²) in [6, 6.07) is 13.7. The molecule has 0 spiro atoms. The van der Waals surface area contributed by atoms with Gasteiger partial charge in [-0.15, -0.1) is 11.3 Å². The minimum Gasteiger partial charge on any atom is -0.241 e. The van der Waals surface area contributed by atoms with Gasteiger partial charge in [-0.2, -0.15) is 0 Å². The molecule has 0 unspecified atom stereocenters.